The summed E-state index contributed by atoms with van der Waals surface area (Å²) in [7, 11) is 0. The molecule has 3 rings (SSSR count). The summed E-state index contributed by atoms with van der Waals surface area (Å²) in [4.78, 5) is 11.3. The van der Waals surface area contributed by atoms with E-state index >= 15 is 0 Å². The Kier molecular flexibility index (Phi) is 3.02. The molecule has 4 nitrogen and oxygen atoms in total. The average Bonchev–Trinajstić information content (AvgIpc) is 3.02. The number of carboxylic acids is 1. The summed E-state index contributed by atoms with van der Waals surface area (Å²) in [6, 6.07) is 0. The molecule has 2 fully saturated rings. The Bertz CT molecular complexity index is 543. The molecule has 1 heterocycles. The number of carboxylic acid groups (broad SMARTS) is 1. The lowest BCUT2D eigenvalue weighted by Crippen LogP contribution is -2.23. The Morgan fingerprint density at radius 1 is 1.30 bits per heavy atom. The maximum absolute atomic E-state index is 13.2. The van der Waals surface area contributed by atoms with Gasteiger partial charge in [0, 0.05) is 12.5 Å². The number of carbonyl (C=O) groups is 1. The van der Waals surface area contributed by atoms with Gasteiger partial charge in [-0.05, 0) is 31.6 Å². The summed E-state index contributed by atoms with van der Waals surface area (Å²) in [6.07, 6.45) is -0.442. The number of hydrogen-bond donors (Lipinski definition) is 1. The van der Waals surface area contributed by atoms with E-state index in [0.29, 0.717) is 12.8 Å². The summed E-state index contributed by atoms with van der Waals surface area (Å²) in [6.45, 7) is 0.275. The molecule has 0 bridgehead atoms. The minimum Gasteiger partial charge on any atom is -0.477 e. The standard InChI is InChI=1S/C13H15F3N2O2/c14-13(15,16)9-10(8-4-5-8)17-18(11(9)12(19)20)6-7-2-1-3-7/h7-8H,1-6H2,(H,19,20). The molecule has 110 valence electrons. The lowest BCUT2D eigenvalue weighted by atomic mass is 9.85. The first-order valence-corrected chi connectivity index (χ1v) is 6.79. The zero-order valence-corrected chi connectivity index (χ0v) is 10.8. The molecule has 2 saturated carbocycles. The quantitative estimate of drug-likeness (QED) is 0.925. The summed E-state index contributed by atoms with van der Waals surface area (Å²) in [5, 5.41) is 13.2. The summed E-state index contributed by atoms with van der Waals surface area (Å²) >= 11 is 0. The molecule has 2 aliphatic rings. The summed E-state index contributed by atoms with van der Waals surface area (Å²) in [5.41, 5.74) is -1.80. The van der Waals surface area contributed by atoms with Crippen molar-refractivity contribution in [2.75, 3.05) is 0 Å². The van der Waals surface area contributed by atoms with Crippen LogP contribution in [0.2, 0.25) is 0 Å². The van der Waals surface area contributed by atoms with Crippen LogP contribution < -0.4 is 0 Å². The number of alkyl halides is 3. The molecule has 0 unspecified atom stereocenters. The van der Waals surface area contributed by atoms with Crippen molar-refractivity contribution in [3.05, 3.63) is 17.0 Å². The first kappa shape index (κ1) is 13.5. The van der Waals surface area contributed by atoms with Gasteiger partial charge >= 0.3 is 12.1 Å². The van der Waals surface area contributed by atoms with Crippen LogP contribution in [0.15, 0.2) is 0 Å². The first-order chi connectivity index (χ1) is 9.38. The van der Waals surface area contributed by atoms with Crippen LogP contribution in [-0.2, 0) is 12.7 Å². The van der Waals surface area contributed by atoms with Crippen LogP contribution in [0.25, 0.3) is 0 Å². The minimum atomic E-state index is -4.66. The molecule has 7 heteroatoms. The second-order valence-corrected chi connectivity index (χ2v) is 5.67. The van der Waals surface area contributed by atoms with Crippen LogP contribution in [-0.4, -0.2) is 20.9 Å². The van der Waals surface area contributed by atoms with E-state index in [1.54, 1.807) is 0 Å². The Morgan fingerprint density at radius 2 is 1.95 bits per heavy atom. The van der Waals surface area contributed by atoms with E-state index in [4.69, 9.17) is 5.11 Å². The van der Waals surface area contributed by atoms with E-state index in [0.717, 1.165) is 23.9 Å². The second kappa shape index (κ2) is 4.49. The molecule has 20 heavy (non-hydrogen) atoms. The molecule has 0 aromatic carbocycles. The number of rotatable bonds is 4. The summed E-state index contributed by atoms with van der Waals surface area (Å²) in [5.74, 6) is -1.52. The molecule has 0 radical (unpaired) electrons. The van der Waals surface area contributed by atoms with Crippen molar-refractivity contribution in [3.8, 4) is 0 Å². The van der Waals surface area contributed by atoms with Gasteiger partial charge in [-0.15, -0.1) is 0 Å². The molecule has 1 aromatic rings. The van der Waals surface area contributed by atoms with Gasteiger partial charge in [0.1, 0.15) is 5.56 Å². The molecule has 0 saturated heterocycles. The molecule has 0 atom stereocenters. The molecule has 2 aliphatic carbocycles. The average molecular weight is 288 g/mol. The van der Waals surface area contributed by atoms with Crippen LogP contribution in [0.1, 0.15) is 59.8 Å². The highest BCUT2D eigenvalue weighted by molar-refractivity contribution is 5.88. The van der Waals surface area contributed by atoms with Gasteiger partial charge in [-0.25, -0.2) is 4.79 Å². The highest BCUT2D eigenvalue weighted by Crippen LogP contribution is 2.46. The predicted octanol–water partition coefficient (Wildman–Crippen LogP) is 3.28. The SMILES string of the molecule is O=C(O)c1c(C(F)(F)F)c(C2CC2)nn1CC1CCC1. The maximum atomic E-state index is 13.2. The predicted molar refractivity (Wildman–Crippen MR) is 63.5 cm³/mol. The van der Waals surface area contributed by atoms with Gasteiger partial charge in [-0.3, -0.25) is 4.68 Å². The Balaban J connectivity index is 2.06. The smallest absolute Gasteiger partial charge is 0.420 e. The lowest BCUT2D eigenvalue weighted by molar-refractivity contribution is -0.138. The van der Waals surface area contributed by atoms with Crippen molar-refractivity contribution in [1.29, 1.82) is 0 Å². The fourth-order valence-corrected chi connectivity index (χ4v) is 2.67. The fraction of sp³-hybridized carbons (Fsp3) is 0.692. The van der Waals surface area contributed by atoms with E-state index < -0.39 is 23.4 Å². The van der Waals surface area contributed by atoms with Crippen molar-refractivity contribution >= 4 is 5.97 Å². The van der Waals surface area contributed by atoms with Gasteiger partial charge < -0.3 is 5.11 Å². The molecular weight excluding hydrogens is 273 g/mol. The number of halogens is 3. The van der Waals surface area contributed by atoms with E-state index in [1.807, 2.05) is 0 Å². The van der Waals surface area contributed by atoms with Gasteiger partial charge in [0.05, 0.1) is 5.69 Å². The summed E-state index contributed by atoms with van der Waals surface area (Å²) < 4.78 is 40.6. The highest BCUT2D eigenvalue weighted by Gasteiger charge is 2.46. The Hall–Kier alpha value is -1.53. The minimum absolute atomic E-state index is 0.0748. The van der Waals surface area contributed by atoms with Gasteiger partial charge in [-0.1, -0.05) is 6.42 Å². The normalized spacial score (nSPS) is 19.9. The lowest BCUT2D eigenvalue weighted by Gasteiger charge is -2.25. The zero-order valence-electron chi connectivity index (χ0n) is 10.8. The van der Waals surface area contributed by atoms with Gasteiger partial charge in [0.15, 0.2) is 5.69 Å². The molecule has 0 amide bonds. The molecule has 1 aromatic heterocycles. The Morgan fingerprint density at radius 3 is 2.35 bits per heavy atom. The first-order valence-electron chi connectivity index (χ1n) is 6.79. The van der Waals surface area contributed by atoms with Gasteiger partial charge in [0.2, 0.25) is 0 Å². The van der Waals surface area contributed by atoms with Crippen molar-refractivity contribution in [1.82, 2.24) is 9.78 Å². The van der Waals surface area contributed by atoms with Crippen LogP contribution in [0.3, 0.4) is 0 Å². The van der Waals surface area contributed by atoms with E-state index in [9.17, 15) is 18.0 Å². The monoisotopic (exact) mass is 288 g/mol. The second-order valence-electron chi connectivity index (χ2n) is 5.67. The topological polar surface area (TPSA) is 55.1 Å². The van der Waals surface area contributed by atoms with Gasteiger partial charge in [-0.2, -0.15) is 18.3 Å². The van der Waals surface area contributed by atoms with Crippen LogP contribution >= 0.6 is 0 Å². The third-order valence-corrected chi connectivity index (χ3v) is 4.09. The zero-order chi connectivity index (χ0) is 14.5. The highest BCUT2D eigenvalue weighted by atomic mass is 19.4. The molecule has 1 N–H and O–H groups in total. The number of nitrogens with zero attached hydrogens (tertiary/aromatic N) is 2. The Labute approximate surface area is 113 Å². The number of aromatic nitrogens is 2. The van der Waals surface area contributed by atoms with E-state index in [1.165, 1.54) is 0 Å². The van der Waals surface area contributed by atoms with E-state index in [-0.39, 0.29) is 24.1 Å². The van der Waals surface area contributed by atoms with Crippen molar-refractivity contribution in [2.45, 2.75) is 50.7 Å². The largest absolute Gasteiger partial charge is 0.477 e. The third kappa shape index (κ3) is 2.29. The van der Waals surface area contributed by atoms with Crippen molar-refractivity contribution in [2.24, 2.45) is 5.92 Å². The van der Waals surface area contributed by atoms with Crippen LogP contribution in [0.4, 0.5) is 13.2 Å². The van der Waals surface area contributed by atoms with Crippen molar-refractivity contribution in [3.63, 3.8) is 0 Å². The molecular formula is C13H15F3N2O2. The van der Waals surface area contributed by atoms with Gasteiger partial charge in [0.25, 0.3) is 0 Å². The molecule has 0 spiro atoms. The third-order valence-electron chi connectivity index (χ3n) is 4.09. The fourth-order valence-electron chi connectivity index (χ4n) is 2.67. The number of aromatic carboxylic acids is 1. The van der Waals surface area contributed by atoms with Crippen LogP contribution in [0.5, 0.6) is 0 Å². The molecule has 0 aliphatic heterocycles. The van der Waals surface area contributed by atoms with Crippen molar-refractivity contribution < 1.29 is 23.1 Å². The van der Waals surface area contributed by atoms with Crippen LogP contribution in [0, 0.1) is 5.92 Å². The number of hydrogen-bond acceptors (Lipinski definition) is 2. The van der Waals surface area contributed by atoms with E-state index in [2.05, 4.69) is 5.10 Å². The maximum Gasteiger partial charge on any atom is 0.420 e.